The van der Waals surface area contributed by atoms with Gasteiger partial charge in [0.05, 0.1) is 11.5 Å². The third kappa shape index (κ3) is 4.47. The predicted molar refractivity (Wildman–Crippen MR) is 80.1 cm³/mol. The first-order valence-electron chi connectivity index (χ1n) is 6.80. The van der Waals surface area contributed by atoms with Crippen LogP contribution in [0.1, 0.15) is 19.4 Å². The summed E-state index contributed by atoms with van der Waals surface area (Å²) >= 11 is 0. The van der Waals surface area contributed by atoms with Crippen molar-refractivity contribution in [2.75, 3.05) is 27.3 Å². The van der Waals surface area contributed by atoms with Crippen LogP contribution in [0.25, 0.3) is 0 Å². The monoisotopic (exact) mass is 318 g/mol. The van der Waals surface area contributed by atoms with Crippen LogP contribution < -0.4 is 5.32 Å². The summed E-state index contributed by atoms with van der Waals surface area (Å²) in [5.74, 6) is -0.568. The number of benzene rings is 1. The standard InChI is InChI=1S/C14H23FN2O3S/c1-5-16-9-12-6-7-13(15)8-14(12)21(18,19)17(3)11(2)10-20-4/h6-8,11,16H,5,9-10H2,1-4H3. The largest absolute Gasteiger partial charge is 0.383 e. The molecule has 0 spiro atoms. The van der Waals surface area contributed by atoms with Crippen molar-refractivity contribution in [3.05, 3.63) is 29.6 Å². The quantitative estimate of drug-likeness (QED) is 0.791. The second-order valence-electron chi connectivity index (χ2n) is 4.86. The van der Waals surface area contributed by atoms with Gasteiger partial charge in [0.25, 0.3) is 0 Å². The van der Waals surface area contributed by atoms with Crippen LogP contribution in [0.2, 0.25) is 0 Å². The SMILES string of the molecule is CCNCc1ccc(F)cc1S(=O)(=O)N(C)C(C)COC. The molecule has 1 rings (SSSR count). The average Bonchev–Trinajstić information content (AvgIpc) is 2.45. The molecule has 0 aliphatic carbocycles. The van der Waals surface area contributed by atoms with E-state index >= 15 is 0 Å². The average molecular weight is 318 g/mol. The molecule has 1 aromatic rings. The molecule has 0 amide bonds. The topological polar surface area (TPSA) is 58.6 Å². The zero-order chi connectivity index (χ0) is 16.0. The number of sulfonamides is 1. The van der Waals surface area contributed by atoms with Gasteiger partial charge in [-0.1, -0.05) is 13.0 Å². The van der Waals surface area contributed by atoms with Gasteiger partial charge in [0.1, 0.15) is 5.82 Å². The zero-order valence-corrected chi connectivity index (χ0v) is 13.7. The van der Waals surface area contributed by atoms with Crippen molar-refractivity contribution in [2.45, 2.75) is 31.3 Å². The van der Waals surface area contributed by atoms with Crippen molar-refractivity contribution < 1.29 is 17.5 Å². The fourth-order valence-electron chi connectivity index (χ4n) is 1.91. The minimum atomic E-state index is -3.77. The Morgan fingerprint density at radius 3 is 2.67 bits per heavy atom. The van der Waals surface area contributed by atoms with Crippen molar-refractivity contribution in [1.82, 2.24) is 9.62 Å². The summed E-state index contributed by atoms with van der Waals surface area (Å²) in [6, 6.07) is 3.50. The summed E-state index contributed by atoms with van der Waals surface area (Å²) < 4.78 is 45.0. The summed E-state index contributed by atoms with van der Waals surface area (Å²) in [6.07, 6.45) is 0. The van der Waals surface area contributed by atoms with E-state index in [2.05, 4.69) is 5.32 Å². The second-order valence-corrected chi connectivity index (χ2v) is 6.82. The van der Waals surface area contributed by atoms with Crippen molar-refractivity contribution in [3.63, 3.8) is 0 Å². The van der Waals surface area contributed by atoms with E-state index < -0.39 is 15.8 Å². The molecule has 0 radical (unpaired) electrons. The van der Waals surface area contributed by atoms with Crippen molar-refractivity contribution in [2.24, 2.45) is 0 Å². The highest BCUT2D eigenvalue weighted by molar-refractivity contribution is 7.89. The maximum atomic E-state index is 13.5. The Labute approximate surface area is 126 Å². The Morgan fingerprint density at radius 1 is 1.43 bits per heavy atom. The number of nitrogens with zero attached hydrogens (tertiary/aromatic N) is 1. The molecule has 1 N–H and O–H groups in total. The van der Waals surface area contributed by atoms with Crippen LogP contribution in [0.5, 0.6) is 0 Å². The van der Waals surface area contributed by atoms with E-state index in [-0.39, 0.29) is 17.5 Å². The molecule has 0 heterocycles. The van der Waals surface area contributed by atoms with Gasteiger partial charge in [-0.05, 0) is 31.2 Å². The molecule has 7 heteroatoms. The lowest BCUT2D eigenvalue weighted by Crippen LogP contribution is -2.38. The third-order valence-electron chi connectivity index (χ3n) is 3.28. The van der Waals surface area contributed by atoms with E-state index in [1.54, 1.807) is 6.92 Å². The minimum absolute atomic E-state index is 0.00565. The van der Waals surface area contributed by atoms with Gasteiger partial charge in [-0.15, -0.1) is 0 Å². The van der Waals surface area contributed by atoms with Crippen molar-refractivity contribution in [1.29, 1.82) is 0 Å². The molecule has 0 aliphatic heterocycles. The molecule has 5 nitrogen and oxygen atoms in total. The predicted octanol–water partition coefficient (Wildman–Crippen LogP) is 1.59. The molecule has 1 unspecified atom stereocenters. The lowest BCUT2D eigenvalue weighted by Gasteiger charge is -2.25. The highest BCUT2D eigenvalue weighted by Crippen LogP contribution is 2.22. The molecule has 21 heavy (non-hydrogen) atoms. The molecule has 0 saturated heterocycles. The molecule has 1 aromatic carbocycles. The van der Waals surface area contributed by atoms with Gasteiger partial charge in [-0.2, -0.15) is 4.31 Å². The highest BCUT2D eigenvalue weighted by atomic mass is 32.2. The molecular weight excluding hydrogens is 295 g/mol. The van der Waals surface area contributed by atoms with Crippen LogP contribution in [0.4, 0.5) is 4.39 Å². The second kappa shape index (κ2) is 7.84. The van der Waals surface area contributed by atoms with Gasteiger partial charge >= 0.3 is 0 Å². The van der Waals surface area contributed by atoms with Gasteiger partial charge in [0.15, 0.2) is 0 Å². The van der Waals surface area contributed by atoms with E-state index in [0.29, 0.717) is 18.7 Å². The van der Waals surface area contributed by atoms with Crippen LogP contribution in [-0.2, 0) is 21.3 Å². The summed E-state index contributed by atoms with van der Waals surface area (Å²) in [6.45, 7) is 5.01. The maximum absolute atomic E-state index is 13.5. The third-order valence-corrected chi connectivity index (χ3v) is 5.33. The van der Waals surface area contributed by atoms with Gasteiger partial charge in [-0.3, -0.25) is 0 Å². The number of hydrogen-bond donors (Lipinski definition) is 1. The molecule has 1 atom stereocenters. The summed E-state index contributed by atoms with van der Waals surface area (Å²) in [4.78, 5) is -0.00565. The van der Waals surface area contributed by atoms with E-state index in [1.165, 1.54) is 30.6 Å². The van der Waals surface area contributed by atoms with Crippen LogP contribution in [0.3, 0.4) is 0 Å². The van der Waals surface area contributed by atoms with E-state index in [0.717, 1.165) is 6.07 Å². The normalized spacial score (nSPS) is 13.6. The maximum Gasteiger partial charge on any atom is 0.243 e. The Hall–Kier alpha value is -1.02. The first-order chi connectivity index (χ1) is 9.84. The fourth-order valence-corrected chi connectivity index (χ4v) is 3.49. The van der Waals surface area contributed by atoms with Gasteiger partial charge in [0.2, 0.25) is 10.0 Å². The zero-order valence-electron chi connectivity index (χ0n) is 12.9. The summed E-state index contributed by atoms with van der Waals surface area (Å²) in [5, 5.41) is 3.06. The van der Waals surface area contributed by atoms with Crippen LogP contribution in [0.15, 0.2) is 23.1 Å². The Morgan fingerprint density at radius 2 is 2.10 bits per heavy atom. The number of nitrogens with one attached hydrogen (secondary N) is 1. The summed E-state index contributed by atoms with van der Waals surface area (Å²) in [5.41, 5.74) is 0.551. The molecule has 120 valence electrons. The van der Waals surface area contributed by atoms with Crippen LogP contribution in [0, 0.1) is 5.82 Å². The number of hydrogen-bond acceptors (Lipinski definition) is 4. The number of likely N-dealkylation sites (N-methyl/N-ethyl adjacent to an activating group) is 1. The molecule has 0 aliphatic rings. The van der Waals surface area contributed by atoms with E-state index in [9.17, 15) is 12.8 Å². The minimum Gasteiger partial charge on any atom is -0.383 e. The van der Waals surface area contributed by atoms with Gasteiger partial charge in [-0.25, -0.2) is 12.8 Å². The molecular formula is C14H23FN2O3S. The van der Waals surface area contributed by atoms with Crippen LogP contribution >= 0.6 is 0 Å². The van der Waals surface area contributed by atoms with Crippen LogP contribution in [-0.4, -0.2) is 46.1 Å². The lowest BCUT2D eigenvalue weighted by molar-refractivity contribution is 0.149. The van der Waals surface area contributed by atoms with Gasteiger partial charge in [0, 0.05) is 26.7 Å². The fraction of sp³-hybridized carbons (Fsp3) is 0.571. The van der Waals surface area contributed by atoms with Gasteiger partial charge < -0.3 is 10.1 Å². The smallest absolute Gasteiger partial charge is 0.243 e. The van der Waals surface area contributed by atoms with Crippen molar-refractivity contribution in [3.8, 4) is 0 Å². The van der Waals surface area contributed by atoms with E-state index in [1.807, 2.05) is 6.92 Å². The molecule has 0 aromatic heterocycles. The van der Waals surface area contributed by atoms with Crippen molar-refractivity contribution >= 4 is 10.0 Å². The molecule has 0 bridgehead atoms. The molecule has 0 saturated carbocycles. The number of rotatable bonds is 8. The number of methoxy groups -OCH3 is 1. The molecule has 0 fully saturated rings. The highest BCUT2D eigenvalue weighted by Gasteiger charge is 2.28. The lowest BCUT2D eigenvalue weighted by atomic mass is 10.2. The van der Waals surface area contributed by atoms with E-state index in [4.69, 9.17) is 4.74 Å². The Balaban J connectivity index is 3.19. The number of halogens is 1. The Kier molecular flexibility index (Phi) is 6.73. The first-order valence-corrected chi connectivity index (χ1v) is 8.24. The first kappa shape index (κ1) is 18.0. The Bertz CT molecular complexity index is 563. The number of ether oxygens (including phenoxy) is 1. The summed E-state index contributed by atoms with van der Waals surface area (Å²) in [7, 11) is -0.788.